The van der Waals surface area contributed by atoms with E-state index in [2.05, 4.69) is 31.3 Å². The van der Waals surface area contributed by atoms with Crippen molar-refractivity contribution < 1.29 is 0 Å². The average Bonchev–Trinajstić information content (AvgIpc) is 2.18. The lowest BCUT2D eigenvalue weighted by atomic mass is 9.95. The molecule has 0 heterocycles. The summed E-state index contributed by atoms with van der Waals surface area (Å²) in [6.07, 6.45) is 0. The number of rotatable bonds is 2. The highest BCUT2D eigenvalue weighted by Gasteiger charge is 2.21. The van der Waals surface area contributed by atoms with Gasteiger partial charge in [-0.15, -0.1) is 0 Å². The second-order valence-electron chi connectivity index (χ2n) is 4.32. The fraction of sp³-hybridized carbons (Fsp3) is 0.417. The Kier molecular flexibility index (Phi) is 3.69. The Hall–Kier alpha value is -1.09. The molecule has 1 aromatic carbocycles. The molecule has 0 saturated heterocycles. The molecule has 1 aromatic rings. The molecular weight excluding hydrogens is 204 g/mol. The Morgan fingerprint density at radius 2 is 1.73 bits per heavy atom. The highest BCUT2D eigenvalue weighted by molar-refractivity contribution is 7.80. The van der Waals surface area contributed by atoms with Gasteiger partial charge in [0.2, 0.25) is 0 Å². The fourth-order valence-corrected chi connectivity index (χ4v) is 1.56. The molecule has 0 amide bonds. The van der Waals surface area contributed by atoms with Crippen LogP contribution in [0.3, 0.4) is 0 Å². The molecule has 3 heteroatoms. The minimum absolute atomic E-state index is 0.136. The lowest BCUT2D eigenvalue weighted by Crippen LogP contribution is -2.45. The van der Waals surface area contributed by atoms with Crippen LogP contribution in [0.15, 0.2) is 30.3 Å². The number of nitrogens with one attached hydrogen (secondary N) is 1. The predicted octanol–water partition coefficient (Wildman–Crippen LogP) is 2.36. The number of nitrogens with zero attached hydrogens (tertiary/aromatic N) is 1. The second-order valence-corrected chi connectivity index (χ2v) is 4.70. The van der Waals surface area contributed by atoms with Gasteiger partial charge in [0.25, 0.3) is 0 Å². The summed E-state index contributed by atoms with van der Waals surface area (Å²) in [5.74, 6) is 0. The van der Waals surface area contributed by atoms with Crippen LogP contribution >= 0.6 is 12.2 Å². The van der Waals surface area contributed by atoms with E-state index in [1.165, 1.54) is 5.56 Å². The van der Waals surface area contributed by atoms with E-state index >= 15 is 0 Å². The van der Waals surface area contributed by atoms with Crippen LogP contribution in [0.5, 0.6) is 0 Å². The largest absolute Gasteiger partial charge is 0.355 e. The Morgan fingerprint density at radius 1 is 1.20 bits per heavy atom. The maximum atomic E-state index is 5.24. The quantitative estimate of drug-likeness (QED) is 0.773. The van der Waals surface area contributed by atoms with Crippen LogP contribution < -0.4 is 5.32 Å². The van der Waals surface area contributed by atoms with E-state index in [0.717, 1.165) is 5.11 Å². The molecule has 0 unspecified atom stereocenters. The Bertz CT molecular complexity index is 331. The predicted molar refractivity (Wildman–Crippen MR) is 68.9 cm³/mol. The first-order valence-corrected chi connectivity index (χ1v) is 5.39. The van der Waals surface area contributed by atoms with Crippen LogP contribution in [0.1, 0.15) is 19.4 Å². The topological polar surface area (TPSA) is 15.3 Å². The van der Waals surface area contributed by atoms with Crippen molar-refractivity contribution >= 4 is 17.3 Å². The summed E-state index contributed by atoms with van der Waals surface area (Å²) in [4.78, 5) is 1.90. The van der Waals surface area contributed by atoms with Crippen molar-refractivity contribution in [2.75, 3.05) is 14.1 Å². The minimum atomic E-state index is -0.136. The first-order chi connectivity index (χ1) is 6.93. The van der Waals surface area contributed by atoms with Gasteiger partial charge in [-0.3, -0.25) is 0 Å². The van der Waals surface area contributed by atoms with E-state index in [9.17, 15) is 0 Å². The third kappa shape index (κ3) is 3.20. The van der Waals surface area contributed by atoms with Crippen molar-refractivity contribution in [3.8, 4) is 0 Å². The molecule has 1 rings (SSSR count). The van der Waals surface area contributed by atoms with E-state index < -0.39 is 0 Å². The molecule has 82 valence electrons. The van der Waals surface area contributed by atoms with Crippen molar-refractivity contribution in [3.05, 3.63) is 35.9 Å². The molecule has 15 heavy (non-hydrogen) atoms. The molecule has 0 aromatic heterocycles. The fourth-order valence-electron chi connectivity index (χ4n) is 1.31. The van der Waals surface area contributed by atoms with Crippen LogP contribution in [0.25, 0.3) is 0 Å². The zero-order valence-corrected chi connectivity index (χ0v) is 10.6. The molecule has 0 radical (unpaired) electrons. The third-order valence-electron chi connectivity index (χ3n) is 2.32. The van der Waals surface area contributed by atoms with Crippen molar-refractivity contribution in [3.63, 3.8) is 0 Å². The Labute approximate surface area is 97.3 Å². The van der Waals surface area contributed by atoms with Crippen LogP contribution in [0.2, 0.25) is 0 Å². The maximum absolute atomic E-state index is 5.24. The third-order valence-corrected chi connectivity index (χ3v) is 2.79. The first-order valence-electron chi connectivity index (χ1n) is 4.98. The van der Waals surface area contributed by atoms with Crippen LogP contribution in [-0.2, 0) is 5.54 Å². The Morgan fingerprint density at radius 3 is 2.20 bits per heavy atom. The van der Waals surface area contributed by atoms with Gasteiger partial charge >= 0.3 is 0 Å². The summed E-state index contributed by atoms with van der Waals surface area (Å²) in [5, 5.41) is 4.08. The lowest BCUT2D eigenvalue weighted by molar-refractivity contribution is 0.455. The number of thiocarbonyl (C=S) groups is 1. The second kappa shape index (κ2) is 4.62. The highest BCUT2D eigenvalue weighted by atomic mass is 32.1. The average molecular weight is 222 g/mol. The monoisotopic (exact) mass is 222 g/mol. The molecule has 0 aliphatic rings. The first kappa shape index (κ1) is 12.0. The lowest BCUT2D eigenvalue weighted by Gasteiger charge is -2.30. The summed E-state index contributed by atoms with van der Waals surface area (Å²) in [6, 6.07) is 10.3. The van der Waals surface area contributed by atoms with E-state index in [1.807, 2.05) is 37.2 Å². The van der Waals surface area contributed by atoms with Gasteiger partial charge in [-0.1, -0.05) is 30.3 Å². The molecule has 0 bridgehead atoms. The van der Waals surface area contributed by atoms with Gasteiger partial charge in [0, 0.05) is 14.1 Å². The Balaban J connectivity index is 2.80. The zero-order chi connectivity index (χ0) is 11.5. The molecule has 0 spiro atoms. The smallest absolute Gasteiger partial charge is 0.169 e. The van der Waals surface area contributed by atoms with Gasteiger partial charge in [-0.2, -0.15) is 0 Å². The van der Waals surface area contributed by atoms with Crippen molar-refractivity contribution in [2.45, 2.75) is 19.4 Å². The summed E-state index contributed by atoms with van der Waals surface area (Å²) in [5.41, 5.74) is 1.09. The standard InChI is InChI=1S/C12H18N2S/c1-12(2,13-11(15)14(3)4)10-8-6-5-7-9-10/h5-9H,1-4H3,(H,13,15). The van der Waals surface area contributed by atoms with Crippen LogP contribution in [0, 0.1) is 0 Å². The van der Waals surface area contributed by atoms with Crippen molar-refractivity contribution in [1.82, 2.24) is 10.2 Å². The molecule has 0 fully saturated rings. The van der Waals surface area contributed by atoms with Crippen LogP contribution in [0.4, 0.5) is 0 Å². The molecule has 0 saturated carbocycles. The van der Waals surface area contributed by atoms with Gasteiger partial charge < -0.3 is 10.2 Å². The minimum Gasteiger partial charge on any atom is -0.355 e. The highest BCUT2D eigenvalue weighted by Crippen LogP contribution is 2.19. The van der Waals surface area contributed by atoms with Gasteiger partial charge in [0.05, 0.1) is 5.54 Å². The summed E-state index contributed by atoms with van der Waals surface area (Å²) < 4.78 is 0. The molecule has 0 aliphatic heterocycles. The van der Waals surface area contributed by atoms with E-state index in [0.29, 0.717) is 0 Å². The molecule has 0 aliphatic carbocycles. The number of benzene rings is 1. The molecule has 2 nitrogen and oxygen atoms in total. The van der Waals surface area contributed by atoms with Gasteiger partial charge in [0.15, 0.2) is 5.11 Å². The zero-order valence-electron chi connectivity index (χ0n) is 9.74. The SMILES string of the molecule is CN(C)C(=S)NC(C)(C)c1ccccc1. The molecular formula is C12H18N2S. The van der Waals surface area contributed by atoms with Crippen molar-refractivity contribution in [1.29, 1.82) is 0 Å². The van der Waals surface area contributed by atoms with Crippen LogP contribution in [-0.4, -0.2) is 24.1 Å². The van der Waals surface area contributed by atoms with Gasteiger partial charge in [-0.25, -0.2) is 0 Å². The van der Waals surface area contributed by atoms with E-state index in [4.69, 9.17) is 12.2 Å². The van der Waals surface area contributed by atoms with E-state index in [1.54, 1.807) is 0 Å². The molecule has 0 atom stereocenters. The van der Waals surface area contributed by atoms with Gasteiger partial charge in [-0.05, 0) is 31.6 Å². The van der Waals surface area contributed by atoms with Crippen molar-refractivity contribution in [2.24, 2.45) is 0 Å². The summed E-state index contributed by atoms with van der Waals surface area (Å²) in [6.45, 7) is 4.25. The summed E-state index contributed by atoms with van der Waals surface area (Å²) in [7, 11) is 3.88. The maximum Gasteiger partial charge on any atom is 0.169 e. The summed E-state index contributed by atoms with van der Waals surface area (Å²) >= 11 is 5.24. The van der Waals surface area contributed by atoms with E-state index in [-0.39, 0.29) is 5.54 Å². The van der Waals surface area contributed by atoms with Gasteiger partial charge in [0.1, 0.15) is 0 Å². The molecule has 1 N–H and O–H groups in total. The number of hydrogen-bond donors (Lipinski definition) is 1. The number of hydrogen-bond acceptors (Lipinski definition) is 1. The normalized spacial score (nSPS) is 10.9.